The molecule has 0 spiro atoms. The van der Waals surface area contributed by atoms with E-state index in [-0.39, 0.29) is 18.1 Å². The zero-order valence-corrected chi connectivity index (χ0v) is 8.72. The van der Waals surface area contributed by atoms with Crippen LogP contribution >= 0.6 is 0 Å². The van der Waals surface area contributed by atoms with Crippen LogP contribution in [0.15, 0.2) is 36.4 Å². The Hall–Kier alpha value is -1.64. The van der Waals surface area contributed by atoms with Gasteiger partial charge in [-0.1, -0.05) is 30.4 Å². The quantitative estimate of drug-likeness (QED) is 0.752. The highest BCUT2D eigenvalue weighted by Crippen LogP contribution is 2.06. The fourth-order valence-corrected chi connectivity index (χ4v) is 1.13. The average molecular weight is 207 g/mol. The number of carbonyl (C=O) groups is 1. The molecule has 1 N–H and O–H groups in total. The Kier molecular flexibility index (Phi) is 4.03. The van der Waals surface area contributed by atoms with Gasteiger partial charge in [0.15, 0.2) is 0 Å². The maximum Gasteiger partial charge on any atom is 0.224 e. The molecule has 0 aromatic heterocycles. The van der Waals surface area contributed by atoms with Crippen LogP contribution in [0, 0.1) is 5.82 Å². The zero-order valence-electron chi connectivity index (χ0n) is 8.72. The lowest BCUT2D eigenvalue weighted by Gasteiger charge is -2.05. The van der Waals surface area contributed by atoms with Crippen molar-refractivity contribution < 1.29 is 9.18 Å². The summed E-state index contributed by atoms with van der Waals surface area (Å²) in [7, 11) is 0. The van der Waals surface area contributed by atoms with Crippen LogP contribution in [0.2, 0.25) is 0 Å². The van der Waals surface area contributed by atoms with Crippen molar-refractivity contribution in [2.24, 2.45) is 0 Å². The number of hydrogen-bond donors (Lipinski definition) is 1. The maximum absolute atomic E-state index is 13.2. The largest absolute Gasteiger partial charge is 0.352 e. The highest BCUT2D eigenvalue weighted by Gasteiger charge is 2.06. The first-order chi connectivity index (χ1) is 7.09. The molecule has 0 saturated carbocycles. The monoisotopic (exact) mass is 207 g/mol. The number of hydrogen-bond acceptors (Lipinski definition) is 1. The van der Waals surface area contributed by atoms with Gasteiger partial charge in [-0.05, 0) is 18.6 Å². The average Bonchev–Trinajstić information content (AvgIpc) is 2.18. The van der Waals surface area contributed by atoms with E-state index < -0.39 is 0 Å². The number of amides is 1. The molecule has 0 aliphatic heterocycles. The Labute approximate surface area is 88.8 Å². The minimum Gasteiger partial charge on any atom is -0.352 e. The SMILES string of the molecule is C=C(C)CNC(=O)Cc1ccccc1F. The van der Waals surface area contributed by atoms with Crippen molar-refractivity contribution in [3.63, 3.8) is 0 Å². The van der Waals surface area contributed by atoms with Crippen molar-refractivity contribution >= 4 is 5.91 Å². The van der Waals surface area contributed by atoms with Gasteiger partial charge in [0.2, 0.25) is 5.91 Å². The van der Waals surface area contributed by atoms with Crippen LogP contribution in [-0.4, -0.2) is 12.5 Å². The van der Waals surface area contributed by atoms with Crippen LogP contribution in [0.1, 0.15) is 12.5 Å². The molecule has 1 aromatic rings. The van der Waals surface area contributed by atoms with Crippen molar-refractivity contribution in [1.82, 2.24) is 5.32 Å². The Morgan fingerprint density at radius 3 is 2.73 bits per heavy atom. The molecule has 1 aromatic carbocycles. The van der Waals surface area contributed by atoms with E-state index in [4.69, 9.17) is 0 Å². The summed E-state index contributed by atoms with van der Waals surface area (Å²) in [6, 6.07) is 6.27. The Balaban J connectivity index is 2.52. The summed E-state index contributed by atoms with van der Waals surface area (Å²) in [6.07, 6.45) is 0.0694. The molecule has 0 fully saturated rings. The molecule has 0 heterocycles. The van der Waals surface area contributed by atoms with E-state index in [0.717, 1.165) is 5.57 Å². The van der Waals surface area contributed by atoms with Crippen LogP contribution in [0.3, 0.4) is 0 Å². The fourth-order valence-electron chi connectivity index (χ4n) is 1.13. The molecule has 2 nitrogen and oxygen atoms in total. The second-order valence-corrected chi connectivity index (χ2v) is 3.50. The van der Waals surface area contributed by atoms with Crippen LogP contribution in [-0.2, 0) is 11.2 Å². The van der Waals surface area contributed by atoms with E-state index >= 15 is 0 Å². The van der Waals surface area contributed by atoms with E-state index in [0.29, 0.717) is 12.1 Å². The Morgan fingerprint density at radius 1 is 1.47 bits per heavy atom. The molecule has 0 bridgehead atoms. The Bertz CT molecular complexity index is 374. The minimum atomic E-state index is -0.344. The lowest BCUT2D eigenvalue weighted by atomic mass is 10.1. The minimum absolute atomic E-state index is 0.0694. The molecule has 0 saturated heterocycles. The fraction of sp³-hybridized carbons (Fsp3) is 0.250. The van der Waals surface area contributed by atoms with Gasteiger partial charge in [0, 0.05) is 6.54 Å². The van der Waals surface area contributed by atoms with Gasteiger partial charge in [-0.25, -0.2) is 4.39 Å². The predicted octanol–water partition coefficient (Wildman–Crippen LogP) is 2.06. The molecule has 0 radical (unpaired) electrons. The van der Waals surface area contributed by atoms with Gasteiger partial charge in [0.05, 0.1) is 6.42 Å². The third kappa shape index (κ3) is 3.94. The molecule has 0 atom stereocenters. The molecular formula is C12H14FNO. The summed E-state index contributed by atoms with van der Waals surface area (Å²) in [6.45, 7) is 5.92. The standard InChI is InChI=1S/C12H14FNO/c1-9(2)8-14-12(15)7-10-5-3-4-6-11(10)13/h3-6H,1,7-8H2,2H3,(H,14,15). The van der Waals surface area contributed by atoms with E-state index in [9.17, 15) is 9.18 Å². The predicted molar refractivity (Wildman–Crippen MR) is 57.9 cm³/mol. The van der Waals surface area contributed by atoms with Crippen molar-refractivity contribution in [3.8, 4) is 0 Å². The molecule has 0 aliphatic rings. The van der Waals surface area contributed by atoms with Gasteiger partial charge in [-0.15, -0.1) is 0 Å². The highest BCUT2D eigenvalue weighted by atomic mass is 19.1. The van der Waals surface area contributed by atoms with Gasteiger partial charge in [-0.3, -0.25) is 4.79 Å². The summed E-state index contributed by atoms with van der Waals surface area (Å²) in [5.41, 5.74) is 1.29. The lowest BCUT2D eigenvalue weighted by molar-refractivity contribution is -0.120. The molecule has 3 heteroatoms. The van der Waals surface area contributed by atoms with Crippen LogP contribution in [0.25, 0.3) is 0 Å². The second-order valence-electron chi connectivity index (χ2n) is 3.50. The van der Waals surface area contributed by atoms with Crippen LogP contribution < -0.4 is 5.32 Å². The van der Waals surface area contributed by atoms with E-state index in [1.165, 1.54) is 6.07 Å². The van der Waals surface area contributed by atoms with Crippen molar-refractivity contribution in [2.75, 3.05) is 6.54 Å². The topological polar surface area (TPSA) is 29.1 Å². The summed E-state index contributed by atoms with van der Waals surface area (Å²) in [4.78, 5) is 11.4. The molecule has 15 heavy (non-hydrogen) atoms. The van der Waals surface area contributed by atoms with Crippen molar-refractivity contribution in [2.45, 2.75) is 13.3 Å². The van der Waals surface area contributed by atoms with Crippen molar-refractivity contribution in [1.29, 1.82) is 0 Å². The first-order valence-electron chi connectivity index (χ1n) is 4.74. The van der Waals surface area contributed by atoms with Crippen LogP contribution in [0.5, 0.6) is 0 Å². The van der Waals surface area contributed by atoms with Crippen LogP contribution in [0.4, 0.5) is 4.39 Å². The molecule has 1 rings (SSSR count). The second kappa shape index (κ2) is 5.29. The third-order valence-corrected chi connectivity index (χ3v) is 1.90. The van der Waals surface area contributed by atoms with Gasteiger partial charge >= 0.3 is 0 Å². The van der Waals surface area contributed by atoms with Gasteiger partial charge in [-0.2, -0.15) is 0 Å². The van der Waals surface area contributed by atoms with E-state index in [1.54, 1.807) is 18.2 Å². The summed E-state index contributed by atoms with van der Waals surface area (Å²) < 4.78 is 13.2. The summed E-state index contributed by atoms with van der Waals surface area (Å²) in [5, 5.41) is 2.65. The molecule has 0 aliphatic carbocycles. The normalized spacial score (nSPS) is 9.73. The number of rotatable bonds is 4. The number of nitrogens with one attached hydrogen (secondary N) is 1. The Morgan fingerprint density at radius 2 is 2.13 bits per heavy atom. The molecule has 80 valence electrons. The van der Waals surface area contributed by atoms with Crippen molar-refractivity contribution in [3.05, 3.63) is 47.8 Å². The zero-order chi connectivity index (χ0) is 11.3. The maximum atomic E-state index is 13.2. The van der Waals surface area contributed by atoms with Gasteiger partial charge in [0.1, 0.15) is 5.82 Å². The summed E-state index contributed by atoms with van der Waals surface area (Å²) in [5.74, 6) is -0.536. The highest BCUT2D eigenvalue weighted by molar-refractivity contribution is 5.78. The third-order valence-electron chi connectivity index (χ3n) is 1.90. The van der Waals surface area contributed by atoms with E-state index in [2.05, 4.69) is 11.9 Å². The van der Waals surface area contributed by atoms with E-state index in [1.807, 2.05) is 6.92 Å². The first kappa shape index (κ1) is 11.4. The molecule has 1 amide bonds. The number of benzene rings is 1. The van der Waals surface area contributed by atoms with Gasteiger partial charge in [0.25, 0.3) is 0 Å². The smallest absolute Gasteiger partial charge is 0.224 e. The molecular weight excluding hydrogens is 193 g/mol. The lowest BCUT2D eigenvalue weighted by Crippen LogP contribution is -2.26. The molecule has 0 unspecified atom stereocenters. The summed E-state index contributed by atoms with van der Waals surface area (Å²) >= 11 is 0. The first-order valence-corrected chi connectivity index (χ1v) is 4.74. The van der Waals surface area contributed by atoms with Gasteiger partial charge < -0.3 is 5.32 Å². The number of carbonyl (C=O) groups excluding carboxylic acids is 1. The number of halogens is 1.